The minimum absolute atomic E-state index is 0.224. The van der Waals surface area contributed by atoms with Gasteiger partial charge >= 0.3 is 0 Å². The van der Waals surface area contributed by atoms with Gasteiger partial charge in [-0.15, -0.1) is 0 Å². The maximum absolute atomic E-state index is 11.6. The molecule has 0 aromatic rings. The SMILES string of the molecule is O=C(CC1CCCN1)NCC1CCCS1. The smallest absolute Gasteiger partial charge is 0.221 e. The van der Waals surface area contributed by atoms with E-state index >= 15 is 0 Å². The quantitative estimate of drug-likeness (QED) is 0.758. The average molecular weight is 228 g/mol. The summed E-state index contributed by atoms with van der Waals surface area (Å²) >= 11 is 2.00. The van der Waals surface area contributed by atoms with Gasteiger partial charge in [0, 0.05) is 24.3 Å². The molecule has 0 radical (unpaired) electrons. The molecule has 2 unspecified atom stereocenters. The molecular weight excluding hydrogens is 208 g/mol. The fourth-order valence-corrected chi connectivity index (χ4v) is 3.46. The molecule has 4 heteroatoms. The third-order valence-electron chi connectivity index (χ3n) is 3.15. The van der Waals surface area contributed by atoms with E-state index in [0.717, 1.165) is 19.5 Å². The second-order valence-electron chi connectivity index (χ2n) is 4.44. The van der Waals surface area contributed by atoms with Crippen molar-refractivity contribution in [1.82, 2.24) is 10.6 Å². The second-order valence-corrected chi connectivity index (χ2v) is 5.84. The van der Waals surface area contributed by atoms with Crippen molar-refractivity contribution >= 4 is 17.7 Å². The first-order chi connectivity index (χ1) is 7.34. The number of hydrogen-bond acceptors (Lipinski definition) is 3. The number of nitrogens with one attached hydrogen (secondary N) is 2. The van der Waals surface area contributed by atoms with Gasteiger partial charge in [-0.3, -0.25) is 4.79 Å². The van der Waals surface area contributed by atoms with Crippen molar-refractivity contribution in [2.24, 2.45) is 0 Å². The van der Waals surface area contributed by atoms with Crippen molar-refractivity contribution in [3.8, 4) is 0 Å². The molecule has 2 atom stereocenters. The third-order valence-corrected chi connectivity index (χ3v) is 4.54. The van der Waals surface area contributed by atoms with Gasteiger partial charge in [0.2, 0.25) is 5.91 Å². The highest BCUT2D eigenvalue weighted by Gasteiger charge is 2.19. The van der Waals surface area contributed by atoms with Crippen LogP contribution in [0, 0.1) is 0 Å². The van der Waals surface area contributed by atoms with Crippen LogP contribution in [-0.2, 0) is 4.79 Å². The summed E-state index contributed by atoms with van der Waals surface area (Å²) in [6, 6.07) is 0.432. The van der Waals surface area contributed by atoms with Crippen molar-refractivity contribution in [2.45, 2.75) is 43.4 Å². The van der Waals surface area contributed by atoms with Crippen molar-refractivity contribution in [1.29, 1.82) is 0 Å². The molecule has 1 amide bonds. The Hall–Kier alpha value is -0.220. The Balaban J connectivity index is 1.59. The summed E-state index contributed by atoms with van der Waals surface area (Å²) in [6.45, 7) is 1.95. The Morgan fingerprint density at radius 1 is 1.40 bits per heavy atom. The van der Waals surface area contributed by atoms with Crippen molar-refractivity contribution in [2.75, 3.05) is 18.8 Å². The summed E-state index contributed by atoms with van der Waals surface area (Å²) in [7, 11) is 0. The Morgan fingerprint density at radius 3 is 3.00 bits per heavy atom. The van der Waals surface area contributed by atoms with Crippen molar-refractivity contribution in [3.05, 3.63) is 0 Å². The lowest BCUT2D eigenvalue weighted by molar-refractivity contribution is -0.121. The monoisotopic (exact) mass is 228 g/mol. The summed E-state index contributed by atoms with van der Waals surface area (Å²) in [5.74, 6) is 1.49. The standard InChI is InChI=1S/C11H20N2OS/c14-11(7-9-3-1-5-12-9)13-8-10-4-2-6-15-10/h9-10,12H,1-8H2,(H,13,14). The topological polar surface area (TPSA) is 41.1 Å². The summed E-state index contributed by atoms with van der Waals surface area (Å²) in [5.41, 5.74) is 0. The van der Waals surface area contributed by atoms with Crippen LogP contribution in [-0.4, -0.2) is 36.0 Å². The molecule has 2 heterocycles. The number of carbonyl (C=O) groups is 1. The van der Waals surface area contributed by atoms with Crippen molar-refractivity contribution < 1.29 is 4.79 Å². The molecule has 0 bridgehead atoms. The van der Waals surface area contributed by atoms with Gasteiger partial charge in [-0.05, 0) is 38.0 Å². The van der Waals surface area contributed by atoms with Gasteiger partial charge in [0.15, 0.2) is 0 Å². The highest BCUT2D eigenvalue weighted by Crippen LogP contribution is 2.25. The predicted octanol–water partition coefficient (Wildman–Crippen LogP) is 1.14. The number of amides is 1. The van der Waals surface area contributed by atoms with Crippen LogP contribution in [0.4, 0.5) is 0 Å². The summed E-state index contributed by atoms with van der Waals surface area (Å²) in [6.07, 6.45) is 5.63. The fraction of sp³-hybridized carbons (Fsp3) is 0.909. The van der Waals surface area contributed by atoms with E-state index in [2.05, 4.69) is 10.6 Å². The molecule has 2 saturated heterocycles. The lowest BCUT2D eigenvalue weighted by Crippen LogP contribution is -2.34. The number of hydrogen-bond donors (Lipinski definition) is 2. The van der Waals surface area contributed by atoms with E-state index in [1.807, 2.05) is 11.8 Å². The molecule has 0 spiro atoms. The lowest BCUT2D eigenvalue weighted by Gasteiger charge is -2.12. The van der Waals surface area contributed by atoms with Crippen LogP contribution in [0.3, 0.4) is 0 Å². The molecule has 0 aliphatic carbocycles. The highest BCUT2D eigenvalue weighted by atomic mass is 32.2. The Bertz CT molecular complexity index is 211. The van der Waals surface area contributed by atoms with Crippen LogP contribution >= 0.6 is 11.8 Å². The van der Waals surface area contributed by atoms with E-state index < -0.39 is 0 Å². The van der Waals surface area contributed by atoms with E-state index in [1.54, 1.807) is 0 Å². The Kier molecular flexibility index (Phi) is 4.32. The van der Waals surface area contributed by atoms with E-state index in [0.29, 0.717) is 17.7 Å². The summed E-state index contributed by atoms with van der Waals surface area (Å²) in [5, 5.41) is 7.07. The molecular formula is C11H20N2OS. The minimum Gasteiger partial charge on any atom is -0.355 e. The predicted molar refractivity (Wildman–Crippen MR) is 64.1 cm³/mol. The zero-order chi connectivity index (χ0) is 10.5. The van der Waals surface area contributed by atoms with Gasteiger partial charge in [-0.1, -0.05) is 0 Å². The molecule has 0 aromatic carbocycles. The Labute approximate surface area is 95.8 Å². The summed E-state index contributed by atoms with van der Waals surface area (Å²) in [4.78, 5) is 11.6. The van der Waals surface area contributed by atoms with E-state index in [9.17, 15) is 4.79 Å². The van der Waals surface area contributed by atoms with Crippen LogP contribution in [0.2, 0.25) is 0 Å². The third kappa shape index (κ3) is 3.68. The first-order valence-corrected chi connectivity index (χ1v) is 7.01. The van der Waals surface area contributed by atoms with Gasteiger partial charge in [0.1, 0.15) is 0 Å². The van der Waals surface area contributed by atoms with Gasteiger partial charge in [0.05, 0.1) is 0 Å². The maximum atomic E-state index is 11.6. The van der Waals surface area contributed by atoms with E-state index in [-0.39, 0.29) is 5.91 Å². The first kappa shape index (κ1) is 11.3. The van der Waals surface area contributed by atoms with Crippen LogP contribution in [0.5, 0.6) is 0 Å². The van der Waals surface area contributed by atoms with E-state index in [4.69, 9.17) is 0 Å². The van der Waals surface area contributed by atoms with Gasteiger partial charge in [-0.25, -0.2) is 0 Å². The molecule has 86 valence electrons. The maximum Gasteiger partial charge on any atom is 0.221 e. The molecule has 3 nitrogen and oxygen atoms in total. The second kappa shape index (κ2) is 5.75. The average Bonchev–Trinajstić information content (AvgIpc) is 2.86. The minimum atomic E-state index is 0.224. The molecule has 2 N–H and O–H groups in total. The van der Waals surface area contributed by atoms with Crippen LogP contribution < -0.4 is 10.6 Å². The van der Waals surface area contributed by atoms with Crippen LogP contribution in [0.1, 0.15) is 32.1 Å². The first-order valence-electron chi connectivity index (χ1n) is 5.96. The molecule has 2 aliphatic rings. The molecule has 0 aromatic heterocycles. The molecule has 0 saturated carbocycles. The van der Waals surface area contributed by atoms with Crippen molar-refractivity contribution in [3.63, 3.8) is 0 Å². The zero-order valence-corrected chi connectivity index (χ0v) is 9.94. The van der Waals surface area contributed by atoms with Gasteiger partial charge < -0.3 is 10.6 Å². The lowest BCUT2D eigenvalue weighted by atomic mass is 10.1. The van der Waals surface area contributed by atoms with Gasteiger partial charge in [-0.2, -0.15) is 11.8 Å². The highest BCUT2D eigenvalue weighted by molar-refractivity contribution is 8.00. The number of carbonyl (C=O) groups excluding carboxylic acids is 1. The van der Waals surface area contributed by atoms with Gasteiger partial charge in [0.25, 0.3) is 0 Å². The summed E-state index contributed by atoms with van der Waals surface area (Å²) < 4.78 is 0. The van der Waals surface area contributed by atoms with Crippen LogP contribution in [0.15, 0.2) is 0 Å². The molecule has 2 aliphatic heterocycles. The van der Waals surface area contributed by atoms with Crippen LogP contribution in [0.25, 0.3) is 0 Å². The Morgan fingerprint density at radius 2 is 2.33 bits per heavy atom. The normalized spacial score (nSPS) is 30.7. The molecule has 2 rings (SSSR count). The van der Waals surface area contributed by atoms with E-state index in [1.165, 1.54) is 25.0 Å². The fourth-order valence-electron chi connectivity index (χ4n) is 2.26. The molecule has 2 fully saturated rings. The number of thioether (sulfide) groups is 1. The zero-order valence-electron chi connectivity index (χ0n) is 9.13. The number of rotatable bonds is 4. The molecule has 15 heavy (non-hydrogen) atoms. The largest absolute Gasteiger partial charge is 0.355 e.